The van der Waals surface area contributed by atoms with Crippen molar-refractivity contribution in [2.75, 3.05) is 0 Å². The Labute approximate surface area is 829 Å². The average Bonchev–Trinajstić information content (AvgIpc) is 1.56. The molecule has 6 heterocycles. The molecule has 6 heteroatoms. The van der Waals surface area contributed by atoms with Crippen LogP contribution in [0.4, 0.5) is 0 Å². The van der Waals surface area contributed by atoms with E-state index >= 15 is 0 Å². The number of rotatable bonds is 10. The molecule has 0 bridgehead atoms. The van der Waals surface area contributed by atoms with Crippen LogP contribution in [0.3, 0.4) is 0 Å². The van der Waals surface area contributed by atoms with Crippen LogP contribution in [0.2, 0.25) is 0 Å². The summed E-state index contributed by atoms with van der Waals surface area (Å²) in [5.74, 6) is 0. The molecule has 31 rings (SSSR count). The van der Waals surface area contributed by atoms with Gasteiger partial charge in [-0.3, -0.25) is 0 Å². The molecule has 0 unspecified atom stereocenters. The van der Waals surface area contributed by atoms with Crippen LogP contribution in [0.5, 0.6) is 0 Å². The third-order valence-corrected chi connectivity index (χ3v) is 30.2. The lowest BCUT2D eigenvalue weighted by atomic mass is 9.97. The number of benzene rings is 25. The molecule has 0 N–H and O–H groups in total. The monoisotopic (exact) mass is 1830 g/mol. The van der Waals surface area contributed by atoms with Crippen LogP contribution in [-0.2, 0) is 0 Å². The fraction of sp³-hybridized carbons (Fsp3) is 0. The molecule has 0 fully saturated rings. The van der Waals surface area contributed by atoms with Gasteiger partial charge in [0.25, 0.3) is 0 Å². The third-order valence-electron chi connectivity index (χ3n) is 30.2. The first-order chi connectivity index (χ1) is 71.4. The first-order valence-corrected chi connectivity index (χ1v) is 49.6. The molecule has 31 aromatic rings. The van der Waals surface area contributed by atoms with Crippen LogP contribution in [-0.4, -0.2) is 27.4 Å². The van der Waals surface area contributed by atoms with Gasteiger partial charge in [-0.25, -0.2) is 0 Å². The van der Waals surface area contributed by atoms with Crippen LogP contribution in [0.25, 0.3) is 274 Å². The van der Waals surface area contributed by atoms with Crippen molar-refractivity contribution in [1.82, 2.24) is 27.4 Å². The van der Waals surface area contributed by atoms with Gasteiger partial charge in [0, 0.05) is 98.8 Å². The second-order valence-electron chi connectivity index (χ2n) is 38.2. The summed E-state index contributed by atoms with van der Waals surface area (Å²) < 4.78 is 14.5. The predicted molar refractivity (Wildman–Crippen MR) is 612 cm³/mol. The quantitative estimate of drug-likeness (QED) is 0.131. The number of fused-ring (bicyclic) bond motifs is 25. The summed E-state index contributed by atoms with van der Waals surface area (Å²) in [6, 6.07) is 195. The maximum atomic E-state index is 2.44. The minimum atomic E-state index is 1.17. The molecule has 25 aromatic carbocycles. The summed E-state index contributed by atoms with van der Waals surface area (Å²) in [5, 5.41) is 30.2. The van der Waals surface area contributed by atoms with Crippen molar-refractivity contribution >= 4 is 195 Å². The number of para-hydroxylation sites is 6. The van der Waals surface area contributed by atoms with Gasteiger partial charge in [-0.15, -0.1) is 0 Å². The number of hydrogen-bond donors (Lipinski definition) is 0. The second kappa shape index (κ2) is 33.3. The summed E-state index contributed by atoms with van der Waals surface area (Å²) >= 11 is 0. The molecule has 0 saturated carbocycles. The van der Waals surface area contributed by atoms with Crippen LogP contribution >= 0.6 is 0 Å². The lowest BCUT2D eigenvalue weighted by molar-refractivity contribution is 1.18. The van der Waals surface area contributed by atoms with Gasteiger partial charge in [0.05, 0.1) is 66.2 Å². The Morgan fingerprint density at radius 3 is 0.785 bits per heavy atom. The number of nitrogens with zero attached hydrogens (tertiary/aromatic N) is 6. The Morgan fingerprint density at radius 1 is 0.0972 bits per heavy atom. The van der Waals surface area contributed by atoms with Crippen LogP contribution < -0.4 is 0 Å². The van der Waals surface area contributed by atoms with Gasteiger partial charge >= 0.3 is 0 Å². The van der Waals surface area contributed by atoms with Gasteiger partial charge in [0.1, 0.15) is 0 Å². The fourth-order valence-electron chi connectivity index (χ4n) is 23.5. The SMILES string of the molecule is c1ccc(-n2c3ccccc3c3cc(-c4cccc(-c5ccc6c7ccccc7n(-c7ccc8ccccc8c7)c6c5)c4)ccc32)cc1.c1ccc2cc(-n3c4ccccc4c4c(-c5ccc6c(c5)c5c7ccccc7ccc5n6-c5ccc6ccccc6c5)cccc43)ccc2c1.c1ccc2cc(-n3c4ccccc4c4cc(-c5ccc6c7ccccc7n(-c7ccc8ccccc8c7)c6c5)ccc43)ccc2c1. The van der Waals surface area contributed by atoms with Gasteiger partial charge in [0.2, 0.25) is 0 Å². The molecular weight excluding hydrogens is 1740 g/mol. The molecule has 144 heavy (non-hydrogen) atoms. The average molecular weight is 1830 g/mol. The smallest absolute Gasteiger partial charge is 0.0547 e. The maximum absolute atomic E-state index is 2.44. The van der Waals surface area contributed by atoms with Crippen molar-refractivity contribution in [3.05, 3.63) is 534 Å². The van der Waals surface area contributed by atoms with Crippen molar-refractivity contribution in [1.29, 1.82) is 0 Å². The van der Waals surface area contributed by atoms with Gasteiger partial charge in [-0.2, -0.15) is 0 Å². The van der Waals surface area contributed by atoms with E-state index in [9.17, 15) is 0 Å². The van der Waals surface area contributed by atoms with Gasteiger partial charge in [-0.05, 0) is 279 Å². The predicted octanol–water partition coefficient (Wildman–Crippen LogP) is 37.2. The zero-order valence-corrected chi connectivity index (χ0v) is 78.5. The first kappa shape index (κ1) is 82.0. The Bertz CT molecular complexity index is 10700. The number of aromatic nitrogens is 6. The van der Waals surface area contributed by atoms with E-state index < -0.39 is 0 Å². The normalized spacial score (nSPS) is 11.9. The van der Waals surface area contributed by atoms with Crippen LogP contribution in [0.15, 0.2) is 534 Å². The molecule has 0 spiro atoms. The molecule has 6 nitrogen and oxygen atoms in total. The van der Waals surface area contributed by atoms with E-state index in [1.165, 1.54) is 274 Å². The van der Waals surface area contributed by atoms with Crippen molar-refractivity contribution in [2.24, 2.45) is 0 Å². The topological polar surface area (TPSA) is 29.6 Å². The second-order valence-corrected chi connectivity index (χ2v) is 38.2. The minimum absolute atomic E-state index is 1.17. The van der Waals surface area contributed by atoms with E-state index in [2.05, 4.69) is 561 Å². The third kappa shape index (κ3) is 13.4. The van der Waals surface area contributed by atoms with E-state index in [-0.39, 0.29) is 0 Å². The highest BCUT2D eigenvalue weighted by molar-refractivity contribution is 6.24. The van der Waals surface area contributed by atoms with Crippen LogP contribution in [0, 0.1) is 0 Å². The molecule has 0 saturated heterocycles. The molecule has 0 aliphatic rings. The molecule has 0 amide bonds. The molecule has 6 aromatic heterocycles. The Morgan fingerprint density at radius 2 is 0.354 bits per heavy atom. The van der Waals surface area contributed by atoms with Gasteiger partial charge in [-0.1, -0.05) is 364 Å². The van der Waals surface area contributed by atoms with E-state index in [0.717, 1.165) is 0 Å². The molecule has 0 atom stereocenters. The molecule has 0 radical (unpaired) electrons. The highest BCUT2D eigenvalue weighted by Gasteiger charge is 2.25. The maximum Gasteiger partial charge on any atom is 0.0547 e. The Kier molecular flexibility index (Phi) is 19.0. The zero-order chi connectivity index (χ0) is 94.6. The highest BCUT2D eigenvalue weighted by atomic mass is 15.0. The van der Waals surface area contributed by atoms with Gasteiger partial charge in [0.15, 0.2) is 0 Å². The molecule has 670 valence electrons. The standard InChI is InChI=1S/C48H30N2.C46H30N2.C44H28N2/c1-3-13-34-28-37(24-20-31(34)10-1)49-43-18-8-7-16-41(43)47-40(17-9-19-45(47)49)36-23-26-44-42(30-36)48-39-15-6-5-12-33(39)22-27-46(48)50(44)38-25-21-32-11-2-4-14-35(32)29-38;1-2-15-37(16-3-1)47-44-20-9-7-18-40(44)42-29-35(23-26-45(42)47)32-13-10-14-33(27-32)36-22-25-41-39-17-6-8-19-43(39)48(46(41)30-36)38-24-21-31-11-4-5-12-34(31)28-38;1-3-11-31-25-35(21-17-29(31)9-1)45-42-16-8-6-14-38(42)40-27-33(20-24-43(40)45)34-19-23-39-37-13-5-7-15-41(37)46(44(39)28-34)36-22-18-30-10-2-4-12-32(30)26-36/h1-30H;1-30H;1-28H. The van der Waals surface area contributed by atoms with E-state index in [1.807, 2.05) is 0 Å². The van der Waals surface area contributed by atoms with Gasteiger partial charge < -0.3 is 27.4 Å². The van der Waals surface area contributed by atoms with Crippen molar-refractivity contribution < 1.29 is 0 Å². The molecule has 0 aliphatic heterocycles. The zero-order valence-electron chi connectivity index (χ0n) is 78.5. The largest absolute Gasteiger partial charge is 0.309 e. The Balaban J connectivity index is 0.000000103. The number of hydrogen-bond acceptors (Lipinski definition) is 0. The van der Waals surface area contributed by atoms with E-state index in [1.54, 1.807) is 0 Å². The van der Waals surface area contributed by atoms with Crippen molar-refractivity contribution in [3.63, 3.8) is 0 Å². The van der Waals surface area contributed by atoms with Crippen LogP contribution in [0.1, 0.15) is 0 Å². The fourth-order valence-corrected chi connectivity index (χ4v) is 23.5. The Hall–Kier alpha value is -19.1. The van der Waals surface area contributed by atoms with Crippen molar-refractivity contribution in [3.8, 4) is 78.6 Å². The summed E-state index contributed by atoms with van der Waals surface area (Å²) in [6.07, 6.45) is 0. The van der Waals surface area contributed by atoms with E-state index in [4.69, 9.17) is 0 Å². The minimum Gasteiger partial charge on any atom is -0.309 e. The van der Waals surface area contributed by atoms with E-state index in [0.29, 0.717) is 0 Å². The summed E-state index contributed by atoms with van der Waals surface area (Å²) in [4.78, 5) is 0. The molecular formula is C138H88N6. The summed E-state index contributed by atoms with van der Waals surface area (Å²) in [6.45, 7) is 0. The molecule has 0 aliphatic carbocycles. The lowest BCUT2D eigenvalue weighted by Crippen LogP contribution is -1.94. The summed E-state index contributed by atoms with van der Waals surface area (Å²) in [5.41, 5.74) is 31.4. The lowest BCUT2D eigenvalue weighted by Gasteiger charge is -2.11. The van der Waals surface area contributed by atoms with Crippen molar-refractivity contribution in [2.45, 2.75) is 0 Å². The first-order valence-electron chi connectivity index (χ1n) is 49.6. The highest BCUT2D eigenvalue weighted by Crippen LogP contribution is 2.48. The summed E-state index contributed by atoms with van der Waals surface area (Å²) in [7, 11) is 0.